The van der Waals surface area contributed by atoms with Crippen LogP contribution in [0, 0.1) is 0 Å². The van der Waals surface area contributed by atoms with Crippen LogP contribution in [0.1, 0.15) is 29.5 Å². The fraction of sp³-hybridized carbons (Fsp3) is 0.400. The first kappa shape index (κ1) is 20.5. The third-order valence-corrected chi connectivity index (χ3v) is 3.62. The average molecular weight is 372 g/mol. The van der Waals surface area contributed by atoms with Crippen molar-refractivity contribution in [3.63, 3.8) is 0 Å². The fourth-order valence-electron chi connectivity index (χ4n) is 2.32. The normalized spacial score (nSPS) is 11.2. The van der Waals surface area contributed by atoms with Gasteiger partial charge in [0, 0.05) is 38.3 Å². The summed E-state index contributed by atoms with van der Waals surface area (Å²) in [6.07, 6.45) is 2.46. The Morgan fingerprint density at radius 2 is 1.89 bits per heavy atom. The molecule has 0 spiro atoms. The Morgan fingerprint density at radius 1 is 1.07 bits per heavy atom. The van der Waals surface area contributed by atoms with E-state index < -0.39 is 0 Å². The first-order valence-electron chi connectivity index (χ1n) is 9.25. The Balaban J connectivity index is 1.59. The van der Waals surface area contributed by atoms with E-state index in [0.29, 0.717) is 38.4 Å². The van der Waals surface area contributed by atoms with Crippen LogP contribution in [0.25, 0.3) is 0 Å². The van der Waals surface area contributed by atoms with Gasteiger partial charge < -0.3 is 25.1 Å². The molecule has 1 heterocycles. The third-order valence-electron chi connectivity index (χ3n) is 3.62. The van der Waals surface area contributed by atoms with Crippen molar-refractivity contribution in [2.24, 2.45) is 4.99 Å². The lowest BCUT2D eigenvalue weighted by molar-refractivity contribution is 0.0954. The van der Waals surface area contributed by atoms with Crippen molar-refractivity contribution in [3.8, 4) is 0 Å². The zero-order chi connectivity index (χ0) is 19.2. The van der Waals surface area contributed by atoms with Crippen LogP contribution in [-0.2, 0) is 11.3 Å². The average Bonchev–Trinajstić information content (AvgIpc) is 3.21. The first-order chi connectivity index (χ1) is 13.3. The molecule has 2 rings (SSSR count). The van der Waals surface area contributed by atoms with Gasteiger partial charge in [0.1, 0.15) is 12.4 Å². The van der Waals surface area contributed by atoms with Crippen molar-refractivity contribution < 1.29 is 13.9 Å². The number of amides is 1. The van der Waals surface area contributed by atoms with Gasteiger partial charge in [-0.1, -0.05) is 18.2 Å². The number of hydrogen-bond donors (Lipinski definition) is 3. The van der Waals surface area contributed by atoms with E-state index in [4.69, 9.17) is 9.15 Å². The van der Waals surface area contributed by atoms with Crippen molar-refractivity contribution in [1.29, 1.82) is 0 Å². The van der Waals surface area contributed by atoms with Gasteiger partial charge in [0.25, 0.3) is 5.91 Å². The molecule has 1 aromatic heterocycles. The summed E-state index contributed by atoms with van der Waals surface area (Å²) in [5.74, 6) is 1.48. The predicted octanol–water partition coefficient (Wildman–Crippen LogP) is 2.17. The Kier molecular flexibility index (Phi) is 9.52. The molecule has 0 saturated heterocycles. The van der Waals surface area contributed by atoms with E-state index in [1.165, 1.54) is 0 Å². The number of hydrogen-bond acceptors (Lipinski definition) is 4. The summed E-state index contributed by atoms with van der Waals surface area (Å²) in [6.45, 7) is 5.67. The van der Waals surface area contributed by atoms with Crippen LogP contribution in [0.4, 0.5) is 0 Å². The van der Waals surface area contributed by atoms with Crippen LogP contribution < -0.4 is 16.0 Å². The molecule has 0 unspecified atom stereocenters. The van der Waals surface area contributed by atoms with Gasteiger partial charge in [0.15, 0.2) is 5.96 Å². The number of carbonyl (C=O) groups excluding carboxylic acids is 1. The quantitative estimate of drug-likeness (QED) is 0.320. The second kappa shape index (κ2) is 12.5. The van der Waals surface area contributed by atoms with Crippen molar-refractivity contribution in [3.05, 3.63) is 60.1 Å². The highest BCUT2D eigenvalue weighted by Crippen LogP contribution is 2.01. The molecule has 0 aliphatic carbocycles. The standard InChI is InChI=1S/C20H28N4O3/c1-2-21-20(23-11-7-14-26-16-18-10-6-15-27-18)24-13-12-22-19(25)17-8-4-3-5-9-17/h3-6,8-10,15H,2,7,11-14,16H2,1H3,(H,22,25)(H2,21,23,24). The summed E-state index contributed by atoms with van der Waals surface area (Å²) in [4.78, 5) is 16.5. The number of carbonyl (C=O) groups is 1. The van der Waals surface area contributed by atoms with Crippen molar-refractivity contribution in [2.75, 3.05) is 32.8 Å². The zero-order valence-corrected chi connectivity index (χ0v) is 15.7. The summed E-state index contributed by atoms with van der Waals surface area (Å²) < 4.78 is 10.7. The molecule has 0 radical (unpaired) electrons. The molecule has 3 N–H and O–H groups in total. The van der Waals surface area contributed by atoms with Gasteiger partial charge in [-0.05, 0) is 37.6 Å². The molecule has 0 fully saturated rings. The molecule has 0 saturated carbocycles. The van der Waals surface area contributed by atoms with Gasteiger partial charge in [-0.15, -0.1) is 0 Å². The molecule has 0 atom stereocenters. The van der Waals surface area contributed by atoms with E-state index in [-0.39, 0.29) is 5.91 Å². The lowest BCUT2D eigenvalue weighted by atomic mass is 10.2. The van der Waals surface area contributed by atoms with E-state index >= 15 is 0 Å². The van der Waals surface area contributed by atoms with E-state index in [1.807, 2.05) is 37.3 Å². The number of aliphatic imine (C=N–C) groups is 1. The summed E-state index contributed by atoms with van der Waals surface area (Å²) in [7, 11) is 0. The summed E-state index contributed by atoms with van der Waals surface area (Å²) in [5.41, 5.74) is 0.660. The summed E-state index contributed by atoms with van der Waals surface area (Å²) in [5, 5.41) is 9.28. The lowest BCUT2D eigenvalue weighted by Gasteiger charge is -2.12. The topological polar surface area (TPSA) is 87.9 Å². The van der Waals surface area contributed by atoms with E-state index in [2.05, 4.69) is 20.9 Å². The number of nitrogens with one attached hydrogen (secondary N) is 3. The van der Waals surface area contributed by atoms with Gasteiger partial charge in [-0.2, -0.15) is 0 Å². The van der Waals surface area contributed by atoms with Gasteiger partial charge in [0.2, 0.25) is 0 Å². The second-order valence-corrected chi connectivity index (χ2v) is 5.79. The van der Waals surface area contributed by atoms with Gasteiger partial charge in [0.05, 0.1) is 6.26 Å². The van der Waals surface area contributed by atoms with Crippen LogP contribution in [0.15, 0.2) is 58.1 Å². The third kappa shape index (κ3) is 8.42. The summed E-state index contributed by atoms with van der Waals surface area (Å²) in [6, 6.07) is 12.9. The Morgan fingerprint density at radius 3 is 2.63 bits per heavy atom. The highest BCUT2D eigenvalue weighted by atomic mass is 16.5. The van der Waals surface area contributed by atoms with Crippen LogP contribution in [0.3, 0.4) is 0 Å². The minimum atomic E-state index is -0.0759. The highest BCUT2D eigenvalue weighted by Gasteiger charge is 2.03. The van der Waals surface area contributed by atoms with Crippen LogP contribution >= 0.6 is 0 Å². The minimum absolute atomic E-state index is 0.0759. The molecule has 1 amide bonds. The molecule has 7 nitrogen and oxygen atoms in total. The highest BCUT2D eigenvalue weighted by molar-refractivity contribution is 5.94. The number of guanidine groups is 1. The lowest BCUT2D eigenvalue weighted by Crippen LogP contribution is -2.41. The second-order valence-electron chi connectivity index (χ2n) is 5.79. The Hall–Kier alpha value is -2.80. The predicted molar refractivity (Wildman–Crippen MR) is 106 cm³/mol. The zero-order valence-electron chi connectivity index (χ0n) is 15.7. The smallest absolute Gasteiger partial charge is 0.251 e. The number of ether oxygens (including phenoxy) is 1. The largest absolute Gasteiger partial charge is 0.467 e. The molecule has 0 aliphatic heterocycles. The number of furan rings is 1. The van der Waals surface area contributed by atoms with E-state index in [9.17, 15) is 4.79 Å². The molecule has 7 heteroatoms. The Labute approximate surface area is 160 Å². The van der Waals surface area contributed by atoms with Gasteiger partial charge in [-0.25, -0.2) is 0 Å². The van der Waals surface area contributed by atoms with Crippen molar-refractivity contribution in [1.82, 2.24) is 16.0 Å². The van der Waals surface area contributed by atoms with Crippen LogP contribution in [0.2, 0.25) is 0 Å². The minimum Gasteiger partial charge on any atom is -0.467 e. The first-order valence-corrected chi connectivity index (χ1v) is 9.25. The molecular formula is C20H28N4O3. The number of nitrogens with zero attached hydrogens (tertiary/aromatic N) is 1. The molecular weight excluding hydrogens is 344 g/mol. The monoisotopic (exact) mass is 372 g/mol. The molecule has 27 heavy (non-hydrogen) atoms. The molecule has 0 aliphatic rings. The summed E-state index contributed by atoms with van der Waals surface area (Å²) >= 11 is 0. The Bertz CT molecular complexity index is 672. The van der Waals surface area contributed by atoms with Crippen molar-refractivity contribution in [2.45, 2.75) is 20.0 Å². The number of benzene rings is 1. The van der Waals surface area contributed by atoms with Gasteiger partial charge in [-0.3, -0.25) is 9.79 Å². The van der Waals surface area contributed by atoms with Gasteiger partial charge >= 0.3 is 0 Å². The van der Waals surface area contributed by atoms with Crippen LogP contribution in [-0.4, -0.2) is 44.7 Å². The maximum absolute atomic E-state index is 12.0. The van der Waals surface area contributed by atoms with E-state index in [1.54, 1.807) is 18.4 Å². The molecule has 2 aromatic rings. The fourth-order valence-corrected chi connectivity index (χ4v) is 2.32. The maximum Gasteiger partial charge on any atom is 0.251 e. The number of rotatable bonds is 11. The van der Waals surface area contributed by atoms with Crippen LogP contribution in [0.5, 0.6) is 0 Å². The molecule has 1 aromatic carbocycles. The van der Waals surface area contributed by atoms with E-state index in [0.717, 1.165) is 24.7 Å². The van der Waals surface area contributed by atoms with Crippen molar-refractivity contribution >= 4 is 11.9 Å². The molecule has 146 valence electrons. The maximum atomic E-state index is 12.0. The SMILES string of the molecule is CCNC(=NCCCOCc1ccco1)NCCNC(=O)c1ccccc1. The molecule has 0 bridgehead atoms.